The zero-order valence-electron chi connectivity index (χ0n) is 8.63. The maximum absolute atomic E-state index is 11.3. The summed E-state index contributed by atoms with van der Waals surface area (Å²) < 4.78 is 14.1. The van der Waals surface area contributed by atoms with E-state index in [1.54, 1.807) is 0 Å². The number of carbonyl (C=O) groups excluding carboxylic acids is 1. The molecule has 8 nitrogen and oxygen atoms in total. The fourth-order valence-electron chi connectivity index (χ4n) is 0.919. The van der Waals surface area contributed by atoms with Gasteiger partial charge in [-0.1, -0.05) is 13.3 Å². The van der Waals surface area contributed by atoms with Gasteiger partial charge in [-0.25, -0.2) is 9.63 Å². The first-order valence-corrected chi connectivity index (χ1v) is 4.64. The van der Waals surface area contributed by atoms with E-state index >= 15 is 0 Å². The molecule has 0 radical (unpaired) electrons. The van der Waals surface area contributed by atoms with E-state index in [0.29, 0.717) is 6.42 Å². The molecule has 0 aliphatic carbocycles. The number of rotatable bonds is 6. The summed E-state index contributed by atoms with van der Waals surface area (Å²) in [5.41, 5.74) is 0. The lowest BCUT2D eigenvalue weighted by Crippen LogP contribution is -2.12. The van der Waals surface area contributed by atoms with Crippen molar-refractivity contribution in [2.45, 2.75) is 19.8 Å². The van der Waals surface area contributed by atoms with Crippen molar-refractivity contribution in [3.63, 3.8) is 0 Å². The molecular formula is C8H11NO7. The molecule has 0 N–H and O–H groups in total. The van der Waals surface area contributed by atoms with Crippen molar-refractivity contribution in [1.29, 1.82) is 0 Å². The van der Waals surface area contributed by atoms with Crippen molar-refractivity contribution in [1.82, 2.24) is 0 Å². The van der Waals surface area contributed by atoms with Crippen molar-refractivity contribution >= 4 is 5.97 Å². The summed E-state index contributed by atoms with van der Waals surface area (Å²) in [5.74, 6) is -1.82. The summed E-state index contributed by atoms with van der Waals surface area (Å²) in [5, 5.41) is 8.95. The molecule has 16 heavy (non-hydrogen) atoms. The van der Waals surface area contributed by atoms with E-state index in [-0.39, 0.29) is 13.4 Å². The average Bonchev–Trinajstić information content (AvgIpc) is 2.65. The average molecular weight is 233 g/mol. The molecule has 0 amide bonds. The molecule has 0 unspecified atom stereocenters. The van der Waals surface area contributed by atoms with Gasteiger partial charge < -0.3 is 14.2 Å². The SMILES string of the molecule is CCCCOC(=O)C1=C(O[N+](=O)[O-])OCO1. The molecule has 1 aliphatic rings. The monoisotopic (exact) mass is 233 g/mol. The first-order valence-electron chi connectivity index (χ1n) is 4.64. The Hall–Kier alpha value is -1.99. The molecule has 0 atom stereocenters. The van der Waals surface area contributed by atoms with Crippen LogP contribution in [0.2, 0.25) is 0 Å². The molecule has 0 bridgehead atoms. The predicted octanol–water partition coefficient (Wildman–Crippen LogP) is 0.711. The molecule has 1 heterocycles. The summed E-state index contributed by atoms with van der Waals surface area (Å²) in [4.78, 5) is 25.4. The molecular weight excluding hydrogens is 222 g/mol. The standard InChI is InChI=1S/C8H11NO7/c1-2-3-4-13-7(10)6-8(15-5-14-6)16-9(11)12/h2-5H2,1H3. The van der Waals surface area contributed by atoms with Crippen LogP contribution < -0.4 is 0 Å². The summed E-state index contributed by atoms with van der Waals surface area (Å²) in [7, 11) is 0. The van der Waals surface area contributed by atoms with Crippen LogP contribution in [0.3, 0.4) is 0 Å². The molecule has 0 aromatic heterocycles. The van der Waals surface area contributed by atoms with Crippen molar-refractivity contribution in [2.75, 3.05) is 13.4 Å². The van der Waals surface area contributed by atoms with Crippen LogP contribution in [0.4, 0.5) is 0 Å². The molecule has 90 valence electrons. The van der Waals surface area contributed by atoms with Gasteiger partial charge in [-0.2, -0.15) is 0 Å². The highest BCUT2D eigenvalue weighted by molar-refractivity contribution is 5.86. The highest BCUT2D eigenvalue weighted by Gasteiger charge is 2.29. The fraction of sp³-hybridized carbons (Fsp3) is 0.625. The lowest BCUT2D eigenvalue weighted by molar-refractivity contribution is -0.749. The molecule has 1 rings (SSSR count). The summed E-state index contributed by atoms with van der Waals surface area (Å²) in [6, 6.07) is 0. The molecule has 8 heteroatoms. The van der Waals surface area contributed by atoms with Crippen LogP contribution in [0.15, 0.2) is 11.7 Å². The highest BCUT2D eigenvalue weighted by atomic mass is 17.0. The Morgan fingerprint density at radius 2 is 2.31 bits per heavy atom. The van der Waals surface area contributed by atoms with E-state index in [1.807, 2.05) is 6.92 Å². The number of esters is 1. The van der Waals surface area contributed by atoms with Gasteiger partial charge >= 0.3 is 17.0 Å². The minimum absolute atomic E-state index is 0.216. The minimum atomic E-state index is -1.09. The zero-order chi connectivity index (χ0) is 12.0. The number of nitrogens with zero attached hydrogens (tertiary/aromatic N) is 1. The first kappa shape index (κ1) is 12.1. The minimum Gasteiger partial charge on any atom is -0.460 e. The third kappa shape index (κ3) is 3.30. The Labute approximate surface area is 90.8 Å². The molecule has 0 saturated carbocycles. The number of hydrogen-bond acceptors (Lipinski definition) is 7. The summed E-state index contributed by atoms with van der Waals surface area (Å²) in [6.07, 6.45) is 1.56. The van der Waals surface area contributed by atoms with Gasteiger partial charge in [0.2, 0.25) is 6.79 Å². The molecule has 0 aromatic carbocycles. The quantitative estimate of drug-likeness (QED) is 0.288. The van der Waals surface area contributed by atoms with Crippen molar-refractivity contribution in [3.05, 3.63) is 21.8 Å². The van der Waals surface area contributed by atoms with Gasteiger partial charge in [0.15, 0.2) is 0 Å². The van der Waals surface area contributed by atoms with Gasteiger partial charge in [0.1, 0.15) is 0 Å². The largest absolute Gasteiger partial charge is 0.460 e. The smallest absolute Gasteiger partial charge is 0.379 e. The van der Waals surface area contributed by atoms with Gasteiger partial charge in [-0.05, 0) is 6.42 Å². The van der Waals surface area contributed by atoms with E-state index in [9.17, 15) is 14.9 Å². The first-order chi connectivity index (χ1) is 7.65. The Balaban J connectivity index is 2.54. The predicted molar refractivity (Wildman–Crippen MR) is 48.0 cm³/mol. The maximum Gasteiger partial charge on any atom is 0.379 e. The molecule has 0 aromatic rings. The van der Waals surface area contributed by atoms with Crippen molar-refractivity contribution in [2.24, 2.45) is 0 Å². The Morgan fingerprint density at radius 1 is 1.56 bits per heavy atom. The molecule has 0 saturated heterocycles. The molecule has 0 fully saturated rings. The lowest BCUT2D eigenvalue weighted by atomic mass is 10.4. The van der Waals surface area contributed by atoms with Gasteiger partial charge in [0.25, 0.3) is 5.76 Å². The summed E-state index contributed by atoms with van der Waals surface area (Å²) >= 11 is 0. The van der Waals surface area contributed by atoms with Crippen LogP contribution in [0.25, 0.3) is 0 Å². The van der Waals surface area contributed by atoms with Crippen LogP contribution in [0.5, 0.6) is 0 Å². The van der Waals surface area contributed by atoms with Crippen LogP contribution in [-0.2, 0) is 23.8 Å². The van der Waals surface area contributed by atoms with Crippen LogP contribution in [0.1, 0.15) is 19.8 Å². The number of unbranched alkanes of at least 4 members (excludes halogenated alkanes) is 1. The maximum atomic E-state index is 11.3. The van der Waals surface area contributed by atoms with Crippen LogP contribution >= 0.6 is 0 Å². The second-order valence-electron chi connectivity index (χ2n) is 2.83. The van der Waals surface area contributed by atoms with E-state index in [2.05, 4.69) is 9.57 Å². The van der Waals surface area contributed by atoms with E-state index in [4.69, 9.17) is 9.47 Å². The second kappa shape index (κ2) is 5.79. The summed E-state index contributed by atoms with van der Waals surface area (Å²) in [6.45, 7) is 1.85. The lowest BCUT2D eigenvalue weighted by Gasteiger charge is -2.03. The zero-order valence-corrected chi connectivity index (χ0v) is 8.63. The van der Waals surface area contributed by atoms with Gasteiger partial charge in [0.05, 0.1) is 6.61 Å². The Kier molecular flexibility index (Phi) is 4.37. The molecule has 1 aliphatic heterocycles. The van der Waals surface area contributed by atoms with E-state index in [1.165, 1.54) is 0 Å². The Bertz CT molecular complexity index is 312. The number of carbonyl (C=O) groups is 1. The molecule has 0 spiro atoms. The normalized spacial score (nSPS) is 14.1. The van der Waals surface area contributed by atoms with Crippen LogP contribution in [-0.4, -0.2) is 24.5 Å². The van der Waals surface area contributed by atoms with E-state index < -0.39 is 22.8 Å². The number of hydrogen-bond donors (Lipinski definition) is 0. The van der Waals surface area contributed by atoms with Gasteiger partial charge in [-0.3, -0.25) is 0 Å². The van der Waals surface area contributed by atoms with Crippen LogP contribution in [0, 0.1) is 10.1 Å². The highest BCUT2D eigenvalue weighted by Crippen LogP contribution is 2.18. The van der Waals surface area contributed by atoms with E-state index in [0.717, 1.165) is 6.42 Å². The fourth-order valence-corrected chi connectivity index (χ4v) is 0.919. The van der Waals surface area contributed by atoms with Crippen molar-refractivity contribution < 1.29 is 28.9 Å². The van der Waals surface area contributed by atoms with Gasteiger partial charge in [0, 0.05) is 0 Å². The second-order valence-corrected chi connectivity index (χ2v) is 2.83. The third-order valence-corrected chi connectivity index (χ3v) is 1.65. The number of ether oxygens (including phenoxy) is 3. The van der Waals surface area contributed by atoms with Gasteiger partial charge in [-0.15, -0.1) is 10.1 Å². The topological polar surface area (TPSA) is 97.1 Å². The third-order valence-electron chi connectivity index (χ3n) is 1.65. The van der Waals surface area contributed by atoms with Crippen molar-refractivity contribution in [3.8, 4) is 0 Å². The Morgan fingerprint density at radius 3 is 2.94 bits per heavy atom.